The third kappa shape index (κ3) is 2.54. The van der Waals surface area contributed by atoms with Crippen LogP contribution in [0.25, 0.3) is 0 Å². The molecule has 0 radical (unpaired) electrons. The van der Waals surface area contributed by atoms with Crippen LogP contribution in [0.1, 0.15) is 19.4 Å². The Kier molecular flexibility index (Phi) is 3.97. The molecule has 1 atom stereocenters. The second-order valence-electron chi connectivity index (χ2n) is 3.84. The number of nitrogens with zero attached hydrogens (tertiary/aromatic N) is 1. The van der Waals surface area contributed by atoms with E-state index < -0.39 is 12.0 Å². The molecule has 2 rings (SSSR count). The summed E-state index contributed by atoms with van der Waals surface area (Å²) in [4.78, 5) is 5.13. The number of rotatable bonds is 3. The van der Waals surface area contributed by atoms with E-state index in [0.717, 1.165) is 10.7 Å². The normalized spacial score (nSPS) is 17.8. The van der Waals surface area contributed by atoms with Gasteiger partial charge < -0.3 is 4.74 Å². The number of fused-ring (bicyclic) bond motifs is 1. The van der Waals surface area contributed by atoms with Gasteiger partial charge in [0.15, 0.2) is 0 Å². The molecule has 1 aliphatic rings. The standard InChI is InChI=1S/C13H13ClFNOS/c1-4-18-8(3)13-16-7(2)12-10(15)5-9(14)6-11(12)17-13/h5-6,13H,3-4H2,1-2H3. The number of hydrogen-bond acceptors (Lipinski definition) is 3. The highest BCUT2D eigenvalue weighted by Gasteiger charge is 2.25. The highest BCUT2D eigenvalue weighted by atomic mass is 35.5. The van der Waals surface area contributed by atoms with Crippen molar-refractivity contribution in [1.82, 2.24) is 0 Å². The van der Waals surface area contributed by atoms with Crippen molar-refractivity contribution >= 4 is 29.1 Å². The summed E-state index contributed by atoms with van der Waals surface area (Å²) in [5.41, 5.74) is 0.984. The van der Waals surface area contributed by atoms with Gasteiger partial charge >= 0.3 is 0 Å². The molecule has 2 nitrogen and oxygen atoms in total. The van der Waals surface area contributed by atoms with Gasteiger partial charge in [0.2, 0.25) is 6.23 Å². The summed E-state index contributed by atoms with van der Waals surface area (Å²) in [5, 5.41) is 0.313. The van der Waals surface area contributed by atoms with E-state index in [2.05, 4.69) is 11.6 Å². The zero-order valence-electron chi connectivity index (χ0n) is 10.2. The Hall–Kier alpha value is -1.00. The van der Waals surface area contributed by atoms with E-state index in [1.165, 1.54) is 6.07 Å². The van der Waals surface area contributed by atoms with Crippen LogP contribution in [0.15, 0.2) is 28.6 Å². The quantitative estimate of drug-likeness (QED) is 0.827. The molecule has 5 heteroatoms. The Morgan fingerprint density at radius 2 is 2.33 bits per heavy atom. The molecule has 1 unspecified atom stereocenters. The molecular weight excluding hydrogens is 273 g/mol. The molecule has 0 amide bonds. The van der Waals surface area contributed by atoms with E-state index in [1.54, 1.807) is 24.8 Å². The van der Waals surface area contributed by atoms with Crippen molar-refractivity contribution in [2.45, 2.75) is 20.1 Å². The number of aliphatic imine (C=N–C) groups is 1. The Balaban J connectivity index is 2.38. The van der Waals surface area contributed by atoms with E-state index >= 15 is 0 Å². The molecule has 0 saturated heterocycles. The minimum Gasteiger partial charge on any atom is -0.463 e. The molecular formula is C13H13ClFNOS. The fourth-order valence-corrected chi connectivity index (χ4v) is 2.58. The summed E-state index contributed by atoms with van der Waals surface area (Å²) < 4.78 is 19.4. The highest BCUT2D eigenvalue weighted by Crippen LogP contribution is 2.34. The summed E-state index contributed by atoms with van der Waals surface area (Å²) in [6.45, 7) is 7.71. The third-order valence-corrected chi connectivity index (χ3v) is 3.61. The molecule has 0 N–H and O–H groups in total. The van der Waals surface area contributed by atoms with Crippen LogP contribution in [0.5, 0.6) is 5.75 Å². The van der Waals surface area contributed by atoms with Crippen LogP contribution in [0.3, 0.4) is 0 Å². The molecule has 1 aliphatic heterocycles. The molecule has 18 heavy (non-hydrogen) atoms. The van der Waals surface area contributed by atoms with E-state index in [9.17, 15) is 4.39 Å². The maximum absolute atomic E-state index is 13.8. The summed E-state index contributed by atoms with van der Waals surface area (Å²) >= 11 is 7.40. The Morgan fingerprint density at radius 1 is 1.61 bits per heavy atom. The second kappa shape index (κ2) is 5.33. The lowest BCUT2D eigenvalue weighted by atomic mass is 10.1. The van der Waals surface area contributed by atoms with Crippen LogP contribution in [-0.2, 0) is 0 Å². The van der Waals surface area contributed by atoms with Gasteiger partial charge in [-0.1, -0.05) is 25.1 Å². The van der Waals surface area contributed by atoms with Crippen LogP contribution in [0, 0.1) is 5.82 Å². The van der Waals surface area contributed by atoms with Gasteiger partial charge in [-0.2, -0.15) is 0 Å². The second-order valence-corrected chi connectivity index (χ2v) is 5.67. The minimum absolute atomic E-state index is 0.313. The van der Waals surface area contributed by atoms with Gasteiger partial charge in [0.05, 0.1) is 11.3 Å². The Labute approximate surface area is 115 Å². The lowest BCUT2D eigenvalue weighted by Gasteiger charge is -2.24. The average Bonchev–Trinajstić information content (AvgIpc) is 2.27. The lowest BCUT2D eigenvalue weighted by molar-refractivity contribution is 0.249. The summed E-state index contributed by atoms with van der Waals surface area (Å²) in [7, 11) is 0. The zero-order valence-corrected chi connectivity index (χ0v) is 11.7. The predicted molar refractivity (Wildman–Crippen MR) is 75.3 cm³/mol. The molecule has 0 saturated carbocycles. The molecule has 96 valence electrons. The maximum atomic E-state index is 13.8. The van der Waals surface area contributed by atoms with Crippen molar-refractivity contribution in [3.05, 3.63) is 40.0 Å². The van der Waals surface area contributed by atoms with Crippen LogP contribution in [0.2, 0.25) is 5.02 Å². The predicted octanol–water partition coefficient (Wildman–Crippen LogP) is 4.27. The van der Waals surface area contributed by atoms with Gasteiger partial charge in [-0.3, -0.25) is 0 Å². The number of halogens is 2. The van der Waals surface area contributed by atoms with Gasteiger partial charge in [-0.05, 0) is 24.8 Å². The van der Waals surface area contributed by atoms with Gasteiger partial charge in [0, 0.05) is 9.93 Å². The summed E-state index contributed by atoms with van der Waals surface area (Å²) in [6.07, 6.45) is -0.472. The van der Waals surface area contributed by atoms with Crippen molar-refractivity contribution in [2.75, 3.05) is 5.75 Å². The van der Waals surface area contributed by atoms with Gasteiger partial charge in [0.25, 0.3) is 0 Å². The van der Waals surface area contributed by atoms with E-state index in [-0.39, 0.29) is 0 Å². The maximum Gasteiger partial charge on any atom is 0.221 e. The van der Waals surface area contributed by atoms with E-state index in [0.29, 0.717) is 22.0 Å². The van der Waals surface area contributed by atoms with Crippen LogP contribution >= 0.6 is 23.4 Å². The SMILES string of the molecule is C=C(SCC)C1N=C(C)c2c(F)cc(Cl)cc2O1. The smallest absolute Gasteiger partial charge is 0.221 e. The summed E-state index contributed by atoms with van der Waals surface area (Å²) in [5.74, 6) is 0.908. The molecule has 0 fully saturated rings. The minimum atomic E-state index is -0.472. The first-order valence-electron chi connectivity index (χ1n) is 5.55. The van der Waals surface area contributed by atoms with Crippen molar-refractivity contribution in [3.63, 3.8) is 0 Å². The monoisotopic (exact) mass is 285 g/mol. The third-order valence-electron chi connectivity index (χ3n) is 2.54. The first-order chi connectivity index (χ1) is 8.52. The van der Waals surface area contributed by atoms with Crippen LogP contribution < -0.4 is 4.74 Å². The van der Waals surface area contributed by atoms with E-state index in [1.807, 2.05) is 6.92 Å². The van der Waals surface area contributed by atoms with Crippen molar-refractivity contribution < 1.29 is 9.13 Å². The molecule has 0 bridgehead atoms. The molecule has 0 aliphatic carbocycles. The van der Waals surface area contributed by atoms with Gasteiger partial charge in [-0.25, -0.2) is 9.38 Å². The first kappa shape index (κ1) is 13.4. The highest BCUT2D eigenvalue weighted by molar-refractivity contribution is 8.03. The Bertz CT molecular complexity index is 530. The molecule has 1 heterocycles. The molecule has 0 spiro atoms. The van der Waals surface area contributed by atoms with Gasteiger partial charge in [-0.15, -0.1) is 11.8 Å². The number of benzene rings is 1. The summed E-state index contributed by atoms with van der Waals surface area (Å²) in [6, 6.07) is 2.87. The average molecular weight is 286 g/mol. The number of ether oxygens (including phenoxy) is 1. The number of hydrogen-bond donors (Lipinski definition) is 0. The topological polar surface area (TPSA) is 21.6 Å². The molecule has 0 aromatic heterocycles. The fourth-order valence-electron chi connectivity index (χ4n) is 1.78. The van der Waals surface area contributed by atoms with Crippen LogP contribution in [0.4, 0.5) is 4.39 Å². The van der Waals surface area contributed by atoms with Gasteiger partial charge in [0.1, 0.15) is 11.6 Å². The molecule has 1 aromatic rings. The van der Waals surface area contributed by atoms with Crippen molar-refractivity contribution in [2.24, 2.45) is 4.99 Å². The lowest BCUT2D eigenvalue weighted by Crippen LogP contribution is -2.23. The largest absolute Gasteiger partial charge is 0.463 e. The fraction of sp³-hybridized carbons (Fsp3) is 0.308. The first-order valence-corrected chi connectivity index (χ1v) is 6.91. The van der Waals surface area contributed by atoms with Crippen molar-refractivity contribution in [3.8, 4) is 5.75 Å². The van der Waals surface area contributed by atoms with Crippen molar-refractivity contribution in [1.29, 1.82) is 0 Å². The molecule has 1 aromatic carbocycles. The number of thioether (sulfide) groups is 1. The zero-order chi connectivity index (χ0) is 13.3. The van der Waals surface area contributed by atoms with E-state index in [4.69, 9.17) is 16.3 Å². The van der Waals surface area contributed by atoms with Crippen LogP contribution in [-0.4, -0.2) is 17.7 Å². The Morgan fingerprint density at radius 3 is 3.00 bits per heavy atom.